The van der Waals surface area contributed by atoms with E-state index in [9.17, 15) is 14.4 Å². The highest BCUT2D eigenvalue weighted by Crippen LogP contribution is 2.52. The van der Waals surface area contributed by atoms with Crippen LogP contribution in [-0.2, 0) is 12.8 Å². The van der Waals surface area contributed by atoms with Crippen molar-refractivity contribution in [3.8, 4) is 0 Å². The van der Waals surface area contributed by atoms with E-state index in [1.165, 1.54) is 124 Å². The summed E-state index contributed by atoms with van der Waals surface area (Å²) in [5, 5.41) is 4.01. The number of aldehydes is 3. The van der Waals surface area contributed by atoms with Crippen LogP contribution in [0.2, 0.25) is 0 Å². The summed E-state index contributed by atoms with van der Waals surface area (Å²) in [5.74, 6) is 0.128. The van der Waals surface area contributed by atoms with Crippen LogP contribution in [0, 0.1) is 12.8 Å². The van der Waals surface area contributed by atoms with Gasteiger partial charge in [-0.25, -0.2) is 0 Å². The number of hydrogen-bond donors (Lipinski definition) is 1. The number of amides is 1. The number of thioether (sulfide) groups is 2. The standard InChI is InChI=1S/C55H71NO4S2/c1-4-6-8-10-12-14-15-17-19-21-27-40(26-20-18-16-13-11-9-7-5-2)35-56-55(60)54-46(50-33-41-28-22-23-29-48(41)61-50)32-42(36-57)52-47(38-59)45(31-43(37-58)53(52)54)51-34-44-39(3)25-24-30-49(44)62-51/h22-25,28-32,36-38,40,50-51H,4-21,26-27,33-35H2,1-3H3,(H,56,60). The predicted octanol–water partition coefficient (Wildman–Crippen LogP) is 15.6. The van der Waals surface area contributed by atoms with Crippen molar-refractivity contribution in [2.24, 2.45) is 5.92 Å². The molecule has 0 saturated carbocycles. The van der Waals surface area contributed by atoms with Crippen molar-refractivity contribution in [2.45, 2.75) is 182 Å². The summed E-state index contributed by atoms with van der Waals surface area (Å²) in [6.07, 6.45) is 29.2. The molecule has 7 heteroatoms. The van der Waals surface area contributed by atoms with Crippen LogP contribution in [0.5, 0.6) is 0 Å². The van der Waals surface area contributed by atoms with E-state index in [0.717, 1.165) is 67.0 Å². The molecule has 0 bridgehead atoms. The Morgan fingerprint density at radius 1 is 0.629 bits per heavy atom. The van der Waals surface area contributed by atoms with Gasteiger partial charge in [-0.15, -0.1) is 23.5 Å². The summed E-state index contributed by atoms with van der Waals surface area (Å²) in [6, 6.07) is 18.2. The van der Waals surface area contributed by atoms with Crippen LogP contribution in [0.1, 0.15) is 222 Å². The Kier molecular flexibility index (Phi) is 19.3. The van der Waals surface area contributed by atoms with Crippen LogP contribution in [-0.4, -0.2) is 31.3 Å². The zero-order chi connectivity index (χ0) is 43.7. The highest BCUT2D eigenvalue weighted by atomic mass is 32.2. The number of nitrogens with one attached hydrogen (secondary N) is 1. The molecule has 6 rings (SSSR count). The lowest BCUT2D eigenvalue weighted by Crippen LogP contribution is -2.31. The first-order valence-electron chi connectivity index (χ1n) is 24.2. The van der Waals surface area contributed by atoms with Gasteiger partial charge in [0.25, 0.3) is 5.91 Å². The number of hydrogen-bond acceptors (Lipinski definition) is 6. The molecule has 2 heterocycles. The second kappa shape index (κ2) is 25.0. The van der Waals surface area contributed by atoms with Gasteiger partial charge >= 0.3 is 0 Å². The van der Waals surface area contributed by atoms with Gasteiger partial charge in [0, 0.05) is 54.3 Å². The van der Waals surface area contributed by atoms with E-state index in [2.05, 4.69) is 56.4 Å². The van der Waals surface area contributed by atoms with Gasteiger partial charge in [-0.05, 0) is 90.6 Å². The number of rotatable bonds is 28. The first-order valence-corrected chi connectivity index (χ1v) is 26.0. The van der Waals surface area contributed by atoms with E-state index in [-0.39, 0.29) is 16.4 Å². The summed E-state index contributed by atoms with van der Waals surface area (Å²) >= 11 is 3.40. The van der Waals surface area contributed by atoms with Crippen LogP contribution < -0.4 is 5.32 Å². The zero-order valence-corrected chi connectivity index (χ0v) is 39.5. The summed E-state index contributed by atoms with van der Waals surface area (Å²) < 4.78 is 0. The summed E-state index contributed by atoms with van der Waals surface area (Å²) in [4.78, 5) is 57.2. The first-order chi connectivity index (χ1) is 30.4. The van der Waals surface area contributed by atoms with Crippen molar-refractivity contribution in [1.29, 1.82) is 0 Å². The number of carbonyl (C=O) groups excluding carboxylic acids is 4. The quantitative estimate of drug-likeness (QED) is 0.0452. The lowest BCUT2D eigenvalue weighted by molar-refractivity contribution is 0.0944. The summed E-state index contributed by atoms with van der Waals surface area (Å²) in [5.41, 5.74) is 6.66. The summed E-state index contributed by atoms with van der Waals surface area (Å²) in [7, 11) is 0. The molecule has 0 spiro atoms. The number of fused-ring (bicyclic) bond motifs is 3. The molecule has 0 aromatic heterocycles. The maximum atomic E-state index is 15.0. The summed E-state index contributed by atoms with van der Waals surface area (Å²) in [6.45, 7) is 7.20. The van der Waals surface area contributed by atoms with Gasteiger partial charge in [0.2, 0.25) is 0 Å². The van der Waals surface area contributed by atoms with Crippen molar-refractivity contribution < 1.29 is 19.2 Å². The molecule has 4 aromatic carbocycles. The van der Waals surface area contributed by atoms with E-state index in [1.807, 2.05) is 24.3 Å². The second-order valence-electron chi connectivity index (χ2n) is 18.1. The fraction of sp³-hybridized carbons (Fsp3) is 0.527. The predicted molar refractivity (Wildman–Crippen MR) is 262 cm³/mol. The molecule has 0 fully saturated rings. The third-order valence-electron chi connectivity index (χ3n) is 13.5. The van der Waals surface area contributed by atoms with Gasteiger partial charge in [-0.2, -0.15) is 0 Å². The lowest BCUT2D eigenvalue weighted by Gasteiger charge is -2.24. The smallest absolute Gasteiger partial charge is 0.252 e. The fourth-order valence-corrected chi connectivity index (χ4v) is 12.7. The molecule has 332 valence electrons. The van der Waals surface area contributed by atoms with Gasteiger partial charge in [0.1, 0.15) is 0 Å². The van der Waals surface area contributed by atoms with Gasteiger partial charge in [-0.1, -0.05) is 160 Å². The van der Waals surface area contributed by atoms with E-state index in [4.69, 9.17) is 0 Å². The number of benzene rings is 4. The molecule has 3 unspecified atom stereocenters. The maximum Gasteiger partial charge on any atom is 0.252 e. The van der Waals surface area contributed by atoms with Crippen LogP contribution in [0.3, 0.4) is 0 Å². The highest BCUT2D eigenvalue weighted by Gasteiger charge is 2.34. The minimum absolute atomic E-state index is 0.103. The van der Waals surface area contributed by atoms with Crippen LogP contribution in [0.25, 0.3) is 10.8 Å². The average Bonchev–Trinajstić information content (AvgIpc) is 3.94. The van der Waals surface area contributed by atoms with E-state index in [0.29, 0.717) is 51.9 Å². The number of carbonyl (C=O) groups is 4. The molecule has 0 saturated heterocycles. The third kappa shape index (κ3) is 12.3. The van der Waals surface area contributed by atoms with Gasteiger partial charge in [0.15, 0.2) is 18.9 Å². The molecule has 1 amide bonds. The monoisotopic (exact) mass is 873 g/mol. The molecule has 4 aromatic rings. The SMILES string of the molecule is CCCCCCCCCCCCC(CCCCCCCCCC)CNC(=O)c1c(C2Cc3ccccc3S2)cc(C=O)c2c(C=O)c(C3Cc4c(C)cccc4S3)cc(C=O)c12. The lowest BCUT2D eigenvalue weighted by atomic mass is 9.84. The Morgan fingerprint density at radius 3 is 1.74 bits per heavy atom. The Bertz CT molecular complexity index is 2100. The largest absolute Gasteiger partial charge is 0.352 e. The first kappa shape index (κ1) is 47.8. The molecule has 2 aliphatic heterocycles. The van der Waals surface area contributed by atoms with E-state index >= 15 is 4.79 Å². The second-order valence-corrected chi connectivity index (χ2v) is 20.6. The normalized spacial score (nSPS) is 16.0. The Morgan fingerprint density at radius 2 is 1.16 bits per heavy atom. The van der Waals surface area contributed by atoms with Crippen molar-refractivity contribution in [2.75, 3.05) is 6.54 Å². The van der Waals surface area contributed by atoms with Gasteiger partial charge in [0.05, 0.1) is 5.56 Å². The molecule has 0 radical (unpaired) electrons. The van der Waals surface area contributed by atoms with Crippen molar-refractivity contribution in [3.05, 3.63) is 105 Å². The van der Waals surface area contributed by atoms with Crippen LogP contribution in [0.4, 0.5) is 0 Å². The van der Waals surface area contributed by atoms with E-state index in [1.54, 1.807) is 23.5 Å². The Labute approximate surface area is 381 Å². The molecule has 5 nitrogen and oxygen atoms in total. The fourth-order valence-electron chi connectivity index (χ4n) is 9.96. The molecular weight excluding hydrogens is 803 g/mol. The zero-order valence-electron chi connectivity index (χ0n) is 37.9. The average molecular weight is 874 g/mol. The van der Waals surface area contributed by atoms with Crippen LogP contribution in [0.15, 0.2) is 64.4 Å². The van der Waals surface area contributed by atoms with Gasteiger partial charge in [-0.3, -0.25) is 19.2 Å². The molecule has 62 heavy (non-hydrogen) atoms. The van der Waals surface area contributed by atoms with Crippen molar-refractivity contribution >= 4 is 59.1 Å². The number of unbranched alkanes of at least 4 members (excludes halogenated alkanes) is 16. The molecule has 3 atom stereocenters. The third-order valence-corrected chi connectivity index (χ3v) is 16.2. The molecule has 1 N–H and O–H groups in total. The van der Waals surface area contributed by atoms with Crippen LogP contribution >= 0.6 is 23.5 Å². The molecule has 0 aliphatic carbocycles. The van der Waals surface area contributed by atoms with Gasteiger partial charge < -0.3 is 5.32 Å². The molecular formula is C55H71NO4S2. The highest BCUT2D eigenvalue weighted by molar-refractivity contribution is 8.00. The minimum atomic E-state index is -0.228. The maximum absolute atomic E-state index is 15.0. The minimum Gasteiger partial charge on any atom is -0.352 e. The number of aryl methyl sites for hydroxylation is 1. The van der Waals surface area contributed by atoms with E-state index < -0.39 is 0 Å². The van der Waals surface area contributed by atoms with Crippen molar-refractivity contribution in [3.63, 3.8) is 0 Å². The Hall–Kier alpha value is -3.68. The molecule has 2 aliphatic rings. The van der Waals surface area contributed by atoms with Crippen molar-refractivity contribution in [1.82, 2.24) is 5.32 Å². The Balaban J connectivity index is 1.28. The topological polar surface area (TPSA) is 80.3 Å².